The number of unbranched alkanes of at least 4 members (excludes halogenated alkanes) is 6. The fourth-order valence-corrected chi connectivity index (χ4v) is 7.55. The number of nitrogens with two attached hydrogens (primary N) is 1. The van der Waals surface area contributed by atoms with Gasteiger partial charge in [0.05, 0.1) is 13.2 Å². The molecular weight excluding hydrogens is 978 g/mol. The van der Waals surface area contributed by atoms with Crippen LogP contribution in [0.15, 0.2) is 194 Å². The highest BCUT2D eigenvalue weighted by Gasteiger charge is 2.26. The maximum Gasteiger partial charge on any atom is 0.472 e. The summed E-state index contributed by atoms with van der Waals surface area (Å²) in [6, 6.07) is 0. The molecule has 0 aromatic rings. The average Bonchev–Trinajstić information content (AvgIpc) is 3.42. The molecule has 0 amide bonds. The quantitative estimate of drug-likeness (QED) is 0.0264. The third kappa shape index (κ3) is 59.9. The van der Waals surface area contributed by atoms with Gasteiger partial charge in [0.1, 0.15) is 6.61 Å². The number of phosphoric acid groups is 1. The van der Waals surface area contributed by atoms with Crippen LogP contribution in [-0.2, 0) is 32.7 Å². The molecule has 428 valence electrons. The predicted molar refractivity (Wildman–Crippen MR) is 329 cm³/mol. The van der Waals surface area contributed by atoms with Gasteiger partial charge in [-0.05, 0) is 141 Å². The molecule has 10 heteroatoms. The Hall–Kier alpha value is -5.15. The summed E-state index contributed by atoms with van der Waals surface area (Å²) in [5.41, 5.74) is 5.37. The van der Waals surface area contributed by atoms with E-state index in [-0.39, 0.29) is 32.6 Å². The van der Waals surface area contributed by atoms with E-state index in [0.29, 0.717) is 12.8 Å². The second kappa shape index (κ2) is 60.1. The molecule has 77 heavy (non-hydrogen) atoms. The van der Waals surface area contributed by atoms with Crippen LogP contribution < -0.4 is 5.73 Å². The van der Waals surface area contributed by atoms with E-state index < -0.39 is 32.5 Å². The molecule has 0 aliphatic rings. The van der Waals surface area contributed by atoms with Crippen LogP contribution in [0.25, 0.3) is 0 Å². The SMILES string of the molecule is CC/C=C\C/C=C\C/C=C\C/C=C\C/C=C\C/C=C\C/C=C\C/C=C\C/C=C\CCCCCC(=O)OC(COC(=O)CCCCC/C=C\C/C=C\C/C=C\C/C=C\C/C=C\C/C=C\C/C=C\CC)COP(=O)(O)OCCN. The third-order valence-corrected chi connectivity index (χ3v) is 12.0. The van der Waals surface area contributed by atoms with Gasteiger partial charge in [-0.2, -0.15) is 0 Å². The smallest absolute Gasteiger partial charge is 0.462 e. The Kier molecular flexibility index (Phi) is 56.1. The van der Waals surface area contributed by atoms with E-state index in [2.05, 4.69) is 208 Å². The van der Waals surface area contributed by atoms with Crippen molar-refractivity contribution in [2.45, 2.75) is 187 Å². The third-order valence-electron chi connectivity index (χ3n) is 11.0. The minimum atomic E-state index is -4.42. The summed E-state index contributed by atoms with van der Waals surface area (Å²) in [4.78, 5) is 35.2. The number of esters is 2. The van der Waals surface area contributed by atoms with Crippen molar-refractivity contribution in [2.24, 2.45) is 5.73 Å². The van der Waals surface area contributed by atoms with Crippen LogP contribution in [-0.4, -0.2) is 49.3 Å². The number of rotatable bonds is 51. The highest BCUT2D eigenvalue weighted by atomic mass is 31.2. The van der Waals surface area contributed by atoms with Crippen molar-refractivity contribution in [1.82, 2.24) is 0 Å². The molecule has 0 bridgehead atoms. The van der Waals surface area contributed by atoms with Crippen LogP contribution in [0, 0.1) is 0 Å². The number of hydrogen-bond donors (Lipinski definition) is 2. The summed E-state index contributed by atoms with van der Waals surface area (Å²) in [5, 5.41) is 0. The maximum atomic E-state index is 12.7. The highest BCUT2D eigenvalue weighted by Crippen LogP contribution is 2.43. The molecule has 0 aliphatic carbocycles. The largest absolute Gasteiger partial charge is 0.472 e. The van der Waals surface area contributed by atoms with Gasteiger partial charge in [0.15, 0.2) is 6.10 Å². The van der Waals surface area contributed by atoms with E-state index in [0.717, 1.165) is 141 Å². The first-order chi connectivity index (χ1) is 37.8. The van der Waals surface area contributed by atoms with Crippen molar-refractivity contribution in [3.63, 3.8) is 0 Å². The molecular formula is C67H102NO8P. The highest BCUT2D eigenvalue weighted by molar-refractivity contribution is 7.47. The summed E-state index contributed by atoms with van der Waals surface area (Å²) in [6.45, 7) is 3.39. The molecule has 0 aromatic heterocycles. The molecule has 0 aliphatic heterocycles. The lowest BCUT2D eigenvalue weighted by Gasteiger charge is -2.19. The van der Waals surface area contributed by atoms with Gasteiger partial charge >= 0.3 is 19.8 Å². The van der Waals surface area contributed by atoms with Gasteiger partial charge in [-0.25, -0.2) is 4.57 Å². The number of ether oxygens (including phenoxy) is 2. The zero-order chi connectivity index (χ0) is 55.9. The zero-order valence-corrected chi connectivity index (χ0v) is 48.5. The van der Waals surface area contributed by atoms with E-state index in [1.54, 1.807) is 0 Å². The van der Waals surface area contributed by atoms with Gasteiger partial charge in [-0.15, -0.1) is 0 Å². The van der Waals surface area contributed by atoms with Crippen LogP contribution in [0.2, 0.25) is 0 Å². The molecule has 2 unspecified atom stereocenters. The second-order valence-corrected chi connectivity index (χ2v) is 19.5. The van der Waals surface area contributed by atoms with Crippen molar-refractivity contribution in [2.75, 3.05) is 26.4 Å². The fraction of sp³-hybridized carbons (Fsp3) is 0.493. The van der Waals surface area contributed by atoms with Gasteiger partial charge < -0.3 is 20.1 Å². The topological polar surface area (TPSA) is 134 Å². The molecule has 0 heterocycles. The second-order valence-electron chi connectivity index (χ2n) is 18.0. The van der Waals surface area contributed by atoms with Gasteiger partial charge in [-0.1, -0.05) is 221 Å². The van der Waals surface area contributed by atoms with E-state index >= 15 is 0 Å². The molecule has 9 nitrogen and oxygen atoms in total. The molecule has 0 rings (SSSR count). The Morgan fingerprint density at radius 1 is 0.390 bits per heavy atom. The van der Waals surface area contributed by atoms with E-state index in [4.69, 9.17) is 24.3 Å². The molecule has 0 radical (unpaired) electrons. The van der Waals surface area contributed by atoms with E-state index in [1.165, 1.54) is 0 Å². The summed E-state index contributed by atoms with van der Waals surface area (Å²) < 4.78 is 32.9. The first kappa shape index (κ1) is 71.8. The Bertz CT molecular complexity index is 1950. The standard InChI is InChI=1S/C67H102NO8P/c1-3-5-7-9-11-13-15-17-19-21-23-25-27-29-30-31-32-33-34-36-38-40-42-44-46-48-50-52-54-56-58-60-67(70)76-65(64-75-77(71,72)74-62-61-68)63-73-66(69)59-57-55-53-51-49-47-45-43-41-39-37-35-28-26-24-22-20-18-16-14-12-10-8-6-4-2/h5-8,11-14,17-20,23-26,29-30,32-33,35-38,41-44,47-50,65H,3-4,9-10,15-16,21-22,27-28,31,34,39-40,45-46,51-64,68H2,1-2H3,(H,71,72)/b7-5-,8-6-,13-11-,14-12-,19-17-,20-18-,25-23-,26-24-,30-29-,33-32-,37-35-,38-36-,43-41-,44-42-,49-47-,50-48-. The number of carbonyl (C=O) groups excluding carboxylic acids is 2. The van der Waals surface area contributed by atoms with Crippen LogP contribution in [0.1, 0.15) is 181 Å². The molecule has 3 N–H and O–H groups in total. The summed E-state index contributed by atoms with van der Waals surface area (Å²) in [7, 11) is -4.42. The lowest BCUT2D eigenvalue weighted by atomic mass is 10.1. The Balaban J connectivity index is 4.22. The van der Waals surface area contributed by atoms with Crippen LogP contribution >= 0.6 is 7.82 Å². The average molecular weight is 1080 g/mol. The van der Waals surface area contributed by atoms with Crippen LogP contribution in [0.5, 0.6) is 0 Å². The Labute approximate surface area is 468 Å². The molecule has 0 aromatic carbocycles. The number of carbonyl (C=O) groups is 2. The van der Waals surface area contributed by atoms with Gasteiger partial charge in [-0.3, -0.25) is 18.6 Å². The van der Waals surface area contributed by atoms with Crippen molar-refractivity contribution in [3.8, 4) is 0 Å². The Morgan fingerprint density at radius 3 is 0.974 bits per heavy atom. The van der Waals surface area contributed by atoms with Crippen LogP contribution in [0.4, 0.5) is 0 Å². The molecule has 0 spiro atoms. The van der Waals surface area contributed by atoms with Gasteiger partial charge in [0, 0.05) is 19.4 Å². The minimum absolute atomic E-state index is 0.0303. The fourth-order valence-electron chi connectivity index (χ4n) is 6.78. The summed E-state index contributed by atoms with van der Waals surface area (Å²) in [5.74, 6) is -0.926. The minimum Gasteiger partial charge on any atom is -0.462 e. The lowest BCUT2D eigenvalue weighted by Crippen LogP contribution is -2.29. The van der Waals surface area contributed by atoms with Crippen molar-refractivity contribution in [1.29, 1.82) is 0 Å². The predicted octanol–water partition coefficient (Wildman–Crippen LogP) is 18.6. The van der Waals surface area contributed by atoms with Crippen molar-refractivity contribution >= 4 is 19.8 Å². The monoisotopic (exact) mass is 1080 g/mol. The van der Waals surface area contributed by atoms with Crippen molar-refractivity contribution in [3.05, 3.63) is 194 Å². The van der Waals surface area contributed by atoms with Crippen LogP contribution in [0.3, 0.4) is 0 Å². The normalized spacial score (nSPS) is 14.5. The van der Waals surface area contributed by atoms with Gasteiger partial charge in [0.2, 0.25) is 0 Å². The Morgan fingerprint density at radius 2 is 0.675 bits per heavy atom. The number of allylic oxidation sites excluding steroid dienone is 32. The van der Waals surface area contributed by atoms with Gasteiger partial charge in [0.25, 0.3) is 0 Å². The van der Waals surface area contributed by atoms with E-state index in [9.17, 15) is 19.0 Å². The molecule has 2 atom stereocenters. The summed E-state index contributed by atoms with van der Waals surface area (Å²) >= 11 is 0. The lowest BCUT2D eigenvalue weighted by molar-refractivity contribution is -0.161. The zero-order valence-electron chi connectivity index (χ0n) is 47.6. The summed E-state index contributed by atoms with van der Waals surface area (Å²) in [6.07, 6.45) is 91.9. The molecule has 0 fully saturated rings. The maximum absolute atomic E-state index is 12.7. The van der Waals surface area contributed by atoms with Crippen molar-refractivity contribution < 1.29 is 37.6 Å². The molecule has 0 saturated carbocycles. The first-order valence-electron chi connectivity index (χ1n) is 28.9. The number of hydrogen-bond acceptors (Lipinski definition) is 8. The number of phosphoric ester groups is 1. The molecule has 0 saturated heterocycles. The first-order valence-corrected chi connectivity index (χ1v) is 30.4. The van der Waals surface area contributed by atoms with E-state index in [1.807, 2.05) is 0 Å².